The molecule has 0 heterocycles. The molecule has 4 heteroatoms. The Kier molecular flexibility index (Phi) is 6.98. The number of benzene rings is 2. The number of carbonyl (C=O) groups excluding carboxylic acids is 1. The number of aliphatic hydroxyl groups is 1. The van der Waals surface area contributed by atoms with Crippen molar-refractivity contribution in [2.24, 2.45) is 5.92 Å². The number of rotatable bonds is 7. The fourth-order valence-electron chi connectivity index (χ4n) is 2.45. The second-order valence-electron chi connectivity index (χ2n) is 6.85. The second-order valence-corrected chi connectivity index (χ2v) is 6.85. The Hall–Kier alpha value is -2.59. The van der Waals surface area contributed by atoms with Crippen molar-refractivity contribution in [3.63, 3.8) is 0 Å². The summed E-state index contributed by atoms with van der Waals surface area (Å²) in [6.07, 6.45) is 1.35. The maximum Gasteiger partial charge on any atom is 0.255 e. The van der Waals surface area contributed by atoms with Gasteiger partial charge in [-0.1, -0.05) is 43.7 Å². The van der Waals surface area contributed by atoms with Gasteiger partial charge in [-0.15, -0.1) is 0 Å². The van der Waals surface area contributed by atoms with Gasteiger partial charge in [-0.05, 0) is 50.1 Å². The number of amides is 1. The highest BCUT2D eigenvalue weighted by Gasteiger charge is 2.17. The SMILES string of the molecule is CC(C)=CCOc1cccc(C(=O)Nc2ccccc2C(O)C(C)C)c1. The van der Waals surface area contributed by atoms with Crippen molar-refractivity contribution in [2.75, 3.05) is 11.9 Å². The van der Waals surface area contributed by atoms with Crippen molar-refractivity contribution in [2.45, 2.75) is 33.8 Å². The number of aliphatic hydroxyl groups excluding tert-OH is 1. The van der Waals surface area contributed by atoms with Crippen molar-refractivity contribution in [3.8, 4) is 5.75 Å². The molecule has 1 atom stereocenters. The lowest BCUT2D eigenvalue weighted by atomic mass is 9.97. The molecule has 0 radical (unpaired) electrons. The van der Waals surface area contributed by atoms with E-state index in [-0.39, 0.29) is 11.8 Å². The van der Waals surface area contributed by atoms with Crippen LogP contribution in [-0.2, 0) is 0 Å². The van der Waals surface area contributed by atoms with Crippen LogP contribution in [0.15, 0.2) is 60.2 Å². The van der Waals surface area contributed by atoms with Gasteiger partial charge in [-0.3, -0.25) is 4.79 Å². The molecule has 0 spiro atoms. The number of para-hydroxylation sites is 1. The first-order chi connectivity index (χ1) is 12.4. The largest absolute Gasteiger partial charge is 0.490 e. The molecule has 0 fully saturated rings. The fraction of sp³-hybridized carbons (Fsp3) is 0.318. The standard InChI is InChI=1S/C22H27NO3/c1-15(2)12-13-26-18-9-7-8-17(14-18)22(25)23-20-11-6-5-10-19(20)21(24)16(3)4/h5-12,14,16,21,24H,13H2,1-4H3,(H,23,25). The van der Waals surface area contributed by atoms with Crippen molar-refractivity contribution in [3.05, 3.63) is 71.3 Å². The summed E-state index contributed by atoms with van der Waals surface area (Å²) in [5.74, 6) is 0.464. The minimum Gasteiger partial charge on any atom is -0.490 e. The summed E-state index contributed by atoms with van der Waals surface area (Å²) in [4.78, 5) is 12.6. The van der Waals surface area contributed by atoms with Crippen LogP contribution in [0.4, 0.5) is 5.69 Å². The number of carbonyl (C=O) groups is 1. The molecular formula is C22H27NO3. The molecule has 2 aromatic rings. The van der Waals surface area contributed by atoms with E-state index in [1.165, 1.54) is 5.57 Å². The summed E-state index contributed by atoms with van der Waals surface area (Å²) in [6.45, 7) is 8.37. The maximum absolute atomic E-state index is 12.6. The normalized spacial score (nSPS) is 11.8. The van der Waals surface area contributed by atoms with E-state index in [2.05, 4.69) is 5.32 Å². The summed E-state index contributed by atoms with van der Waals surface area (Å²) < 4.78 is 5.65. The van der Waals surface area contributed by atoms with E-state index >= 15 is 0 Å². The highest BCUT2D eigenvalue weighted by atomic mass is 16.5. The van der Waals surface area contributed by atoms with Gasteiger partial charge < -0.3 is 15.2 Å². The summed E-state index contributed by atoms with van der Waals surface area (Å²) in [5.41, 5.74) is 3.02. The first kappa shape index (κ1) is 19.7. The van der Waals surface area contributed by atoms with Crippen LogP contribution in [0.2, 0.25) is 0 Å². The minimum absolute atomic E-state index is 0.0554. The molecule has 1 amide bonds. The summed E-state index contributed by atoms with van der Waals surface area (Å²) in [5, 5.41) is 13.3. The molecule has 4 nitrogen and oxygen atoms in total. The minimum atomic E-state index is -0.634. The average molecular weight is 353 g/mol. The molecule has 2 N–H and O–H groups in total. The number of hydrogen-bond donors (Lipinski definition) is 2. The van der Waals surface area contributed by atoms with E-state index in [9.17, 15) is 9.90 Å². The zero-order chi connectivity index (χ0) is 19.1. The third-order valence-corrected chi connectivity index (χ3v) is 4.00. The van der Waals surface area contributed by atoms with Gasteiger partial charge in [-0.25, -0.2) is 0 Å². The molecule has 1 unspecified atom stereocenters. The zero-order valence-electron chi connectivity index (χ0n) is 15.8. The molecule has 138 valence electrons. The molecule has 26 heavy (non-hydrogen) atoms. The number of nitrogens with one attached hydrogen (secondary N) is 1. The third kappa shape index (κ3) is 5.46. The Bertz CT molecular complexity index is 776. The molecular weight excluding hydrogens is 326 g/mol. The van der Waals surface area contributed by atoms with E-state index in [1.54, 1.807) is 24.3 Å². The van der Waals surface area contributed by atoms with Crippen LogP contribution in [0.3, 0.4) is 0 Å². The molecule has 0 saturated heterocycles. The van der Waals surface area contributed by atoms with Crippen molar-refractivity contribution in [1.29, 1.82) is 0 Å². The number of anilines is 1. The van der Waals surface area contributed by atoms with E-state index in [0.29, 0.717) is 29.2 Å². The molecule has 0 aromatic heterocycles. The predicted octanol–water partition coefficient (Wildman–Crippen LogP) is 4.97. The highest BCUT2D eigenvalue weighted by molar-refractivity contribution is 6.04. The van der Waals surface area contributed by atoms with E-state index in [4.69, 9.17) is 4.74 Å². The van der Waals surface area contributed by atoms with Gasteiger partial charge in [0.1, 0.15) is 12.4 Å². The number of hydrogen-bond acceptors (Lipinski definition) is 3. The first-order valence-electron chi connectivity index (χ1n) is 8.83. The van der Waals surface area contributed by atoms with Gasteiger partial charge in [0.15, 0.2) is 0 Å². The van der Waals surface area contributed by atoms with E-state index in [0.717, 1.165) is 0 Å². The van der Waals surface area contributed by atoms with Crippen LogP contribution < -0.4 is 10.1 Å². The first-order valence-corrected chi connectivity index (χ1v) is 8.83. The molecule has 0 aliphatic rings. The smallest absolute Gasteiger partial charge is 0.255 e. The van der Waals surface area contributed by atoms with Crippen LogP contribution in [-0.4, -0.2) is 17.6 Å². The highest BCUT2D eigenvalue weighted by Crippen LogP contribution is 2.28. The Morgan fingerprint density at radius 3 is 2.58 bits per heavy atom. The Balaban J connectivity index is 2.15. The lowest BCUT2D eigenvalue weighted by Gasteiger charge is -2.19. The quantitative estimate of drug-likeness (QED) is 0.691. The van der Waals surface area contributed by atoms with Crippen molar-refractivity contribution < 1.29 is 14.6 Å². The van der Waals surface area contributed by atoms with Gasteiger partial charge in [0.05, 0.1) is 6.10 Å². The summed E-state index contributed by atoms with van der Waals surface area (Å²) in [7, 11) is 0. The number of allylic oxidation sites excluding steroid dienone is 1. The average Bonchev–Trinajstić information content (AvgIpc) is 2.61. The number of ether oxygens (including phenoxy) is 1. The summed E-state index contributed by atoms with van der Waals surface area (Å²) >= 11 is 0. The lowest BCUT2D eigenvalue weighted by Crippen LogP contribution is -2.16. The van der Waals surface area contributed by atoms with E-state index in [1.807, 2.05) is 58.0 Å². The molecule has 2 rings (SSSR count). The van der Waals surface area contributed by atoms with Crippen LogP contribution in [0, 0.1) is 5.92 Å². The molecule has 2 aromatic carbocycles. The third-order valence-electron chi connectivity index (χ3n) is 4.00. The zero-order valence-corrected chi connectivity index (χ0v) is 15.8. The van der Waals surface area contributed by atoms with Gasteiger partial charge in [0.25, 0.3) is 5.91 Å². The van der Waals surface area contributed by atoms with Gasteiger partial charge >= 0.3 is 0 Å². The Labute approximate surface area is 155 Å². The predicted molar refractivity (Wildman–Crippen MR) is 106 cm³/mol. The van der Waals surface area contributed by atoms with Crippen LogP contribution in [0.1, 0.15) is 49.7 Å². The van der Waals surface area contributed by atoms with E-state index < -0.39 is 6.10 Å². The second kappa shape index (κ2) is 9.20. The molecule has 0 aliphatic carbocycles. The van der Waals surface area contributed by atoms with Gasteiger partial charge in [0.2, 0.25) is 0 Å². The topological polar surface area (TPSA) is 58.6 Å². The van der Waals surface area contributed by atoms with Crippen molar-refractivity contribution >= 4 is 11.6 Å². The fourth-order valence-corrected chi connectivity index (χ4v) is 2.45. The maximum atomic E-state index is 12.6. The van der Waals surface area contributed by atoms with Crippen LogP contribution in [0.5, 0.6) is 5.75 Å². The van der Waals surface area contributed by atoms with Gasteiger partial charge in [-0.2, -0.15) is 0 Å². The summed E-state index contributed by atoms with van der Waals surface area (Å²) in [6, 6.07) is 14.4. The van der Waals surface area contributed by atoms with Crippen LogP contribution >= 0.6 is 0 Å². The Morgan fingerprint density at radius 2 is 1.88 bits per heavy atom. The lowest BCUT2D eigenvalue weighted by molar-refractivity contribution is 0.102. The Morgan fingerprint density at radius 1 is 1.15 bits per heavy atom. The monoisotopic (exact) mass is 353 g/mol. The van der Waals surface area contributed by atoms with Gasteiger partial charge in [0, 0.05) is 16.8 Å². The molecule has 0 saturated carbocycles. The molecule has 0 bridgehead atoms. The van der Waals surface area contributed by atoms with Crippen LogP contribution in [0.25, 0.3) is 0 Å². The molecule has 0 aliphatic heterocycles. The van der Waals surface area contributed by atoms with Crippen molar-refractivity contribution in [1.82, 2.24) is 0 Å².